The van der Waals surface area contributed by atoms with Gasteiger partial charge in [0, 0.05) is 10.9 Å². The second-order valence-electron chi connectivity index (χ2n) is 4.18. The third-order valence-electron chi connectivity index (χ3n) is 2.62. The van der Waals surface area contributed by atoms with Gasteiger partial charge in [-0.25, -0.2) is 4.79 Å². The topological polar surface area (TPSA) is 78.4 Å². The summed E-state index contributed by atoms with van der Waals surface area (Å²) >= 11 is 7.23. The lowest BCUT2D eigenvalue weighted by Gasteiger charge is -2.18. The molecule has 0 saturated carbocycles. The Balaban J connectivity index is 2.47. The van der Waals surface area contributed by atoms with Gasteiger partial charge in [-0.05, 0) is 25.5 Å². The van der Waals surface area contributed by atoms with Gasteiger partial charge in [0.1, 0.15) is 0 Å². The molecule has 1 heterocycles. The second kappa shape index (κ2) is 7.35. The molecular formula is C12H17ClN2O3S. The van der Waals surface area contributed by atoms with Gasteiger partial charge in [0.2, 0.25) is 0 Å². The number of halogens is 1. The fourth-order valence-corrected chi connectivity index (χ4v) is 2.63. The summed E-state index contributed by atoms with van der Waals surface area (Å²) in [5.74, 6) is -0.926. The lowest BCUT2D eigenvalue weighted by atomic mass is 10.1. The average molecular weight is 305 g/mol. The van der Waals surface area contributed by atoms with Crippen molar-refractivity contribution in [1.29, 1.82) is 0 Å². The van der Waals surface area contributed by atoms with Gasteiger partial charge >= 0.3 is 12.0 Å². The number of urea groups is 1. The van der Waals surface area contributed by atoms with Crippen LogP contribution in [0.2, 0.25) is 4.34 Å². The summed E-state index contributed by atoms with van der Waals surface area (Å²) in [4.78, 5) is 23.3. The van der Waals surface area contributed by atoms with E-state index in [1.165, 1.54) is 11.3 Å². The smallest absolute Gasteiger partial charge is 0.315 e. The summed E-state index contributed by atoms with van der Waals surface area (Å²) < 4.78 is 0.668. The zero-order valence-electron chi connectivity index (χ0n) is 10.8. The number of thiophene rings is 1. The van der Waals surface area contributed by atoms with Crippen LogP contribution in [-0.2, 0) is 4.79 Å². The van der Waals surface area contributed by atoms with Crippen LogP contribution < -0.4 is 10.6 Å². The number of carbonyl (C=O) groups excluding carboxylic acids is 1. The molecule has 0 aliphatic rings. The maximum atomic E-state index is 11.7. The maximum absolute atomic E-state index is 11.7. The van der Waals surface area contributed by atoms with E-state index in [4.69, 9.17) is 16.7 Å². The molecule has 0 aliphatic carbocycles. The zero-order valence-corrected chi connectivity index (χ0v) is 12.3. The van der Waals surface area contributed by atoms with Gasteiger partial charge < -0.3 is 15.7 Å². The van der Waals surface area contributed by atoms with Gasteiger partial charge in [0.05, 0.1) is 16.8 Å². The minimum atomic E-state index is -0.926. The molecule has 5 nitrogen and oxygen atoms in total. The van der Waals surface area contributed by atoms with E-state index in [1.54, 1.807) is 6.07 Å². The summed E-state index contributed by atoms with van der Waals surface area (Å²) in [7, 11) is 0. The normalized spacial score (nSPS) is 13.6. The Morgan fingerprint density at radius 2 is 2.11 bits per heavy atom. The van der Waals surface area contributed by atoms with Gasteiger partial charge in [-0.1, -0.05) is 18.5 Å². The molecule has 2 unspecified atom stereocenters. The van der Waals surface area contributed by atoms with E-state index in [9.17, 15) is 9.59 Å². The molecule has 0 fully saturated rings. The van der Waals surface area contributed by atoms with E-state index in [0.717, 1.165) is 4.88 Å². The molecule has 0 spiro atoms. The molecule has 106 valence electrons. The van der Waals surface area contributed by atoms with Gasteiger partial charge in [-0.3, -0.25) is 4.79 Å². The van der Waals surface area contributed by atoms with Crippen LogP contribution in [0.1, 0.15) is 37.6 Å². The fourth-order valence-electron chi connectivity index (χ4n) is 1.56. The molecule has 0 aromatic carbocycles. The lowest BCUT2D eigenvalue weighted by Crippen LogP contribution is -2.43. The Labute approximate surface area is 121 Å². The summed E-state index contributed by atoms with van der Waals surface area (Å²) in [5.41, 5.74) is 0. The highest BCUT2D eigenvalue weighted by atomic mass is 35.5. The third-order valence-corrected chi connectivity index (χ3v) is 4.03. The van der Waals surface area contributed by atoms with Crippen LogP contribution in [-0.4, -0.2) is 23.1 Å². The molecule has 0 bridgehead atoms. The number of amides is 2. The highest BCUT2D eigenvalue weighted by molar-refractivity contribution is 7.16. The first-order valence-corrected chi connectivity index (χ1v) is 7.15. The van der Waals surface area contributed by atoms with Crippen LogP contribution >= 0.6 is 22.9 Å². The Morgan fingerprint density at radius 1 is 1.42 bits per heavy atom. The van der Waals surface area contributed by atoms with Crippen molar-refractivity contribution in [2.75, 3.05) is 0 Å². The van der Waals surface area contributed by atoms with Gasteiger partial charge in [-0.2, -0.15) is 0 Å². The second-order valence-corrected chi connectivity index (χ2v) is 5.93. The Bertz CT molecular complexity index is 450. The number of nitrogens with one attached hydrogen (secondary N) is 2. The Kier molecular flexibility index (Phi) is 6.11. The molecule has 1 aromatic heterocycles. The molecule has 1 rings (SSSR count). The Hall–Kier alpha value is -1.27. The van der Waals surface area contributed by atoms with Gasteiger partial charge in [0.25, 0.3) is 0 Å². The molecule has 0 saturated heterocycles. The minimum Gasteiger partial charge on any atom is -0.481 e. The van der Waals surface area contributed by atoms with Crippen molar-refractivity contribution in [2.45, 2.75) is 38.8 Å². The fraction of sp³-hybridized carbons (Fsp3) is 0.500. The number of hydrogen-bond acceptors (Lipinski definition) is 3. The largest absolute Gasteiger partial charge is 0.481 e. The van der Waals surface area contributed by atoms with E-state index in [1.807, 2.05) is 19.9 Å². The molecule has 19 heavy (non-hydrogen) atoms. The molecule has 1 aromatic rings. The first-order chi connectivity index (χ1) is 8.92. The lowest BCUT2D eigenvalue weighted by molar-refractivity contribution is -0.137. The van der Waals surface area contributed by atoms with E-state index in [0.29, 0.717) is 10.8 Å². The summed E-state index contributed by atoms with van der Waals surface area (Å²) in [6, 6.07) is 2.73. The number of carboxylic acid groups (broad SMARTS) is 1. The number of aliphatic carboxylic acids is 1. The monoisotopic (exact) mass is 304 g/mol. The Morgan fingerprint density at radius 3 is 2.58 bits per heavy atom. The first kappa shape index (κ1) is 15.8. The van der Waals surface area contributed by atoms with E-state index in [2.05, 4.69) is 10.6 Å². The van der Waals surface area contributed by atoms with Crippen molar-refractivity contribution < 1.29 is 14.7 Å². The van der Waals surface area contributed by atoms with Crippen LogP contribution in [0.3, 0.4) is 0 Å². The predicted molar refractivity (Wildman–Crippen MR) is 75.7 cm³/mol. The molecule has 0 radical (unpaired) electrons. The zero-order chi connectivity index (χ0) is 14.4. The highest BCUT2D eigenvalue weighted by Crippen LogP contribution is 2.26. The van der Waals surface area contributed by atoms with Crippen LogP contribution in [0.25, 0.3) is 0 Å². The minimum absolute atomic E-state index is 0.0802. The van der Waals surface area contributed by atoms with Crippen LogP contribution in [0.5, 0.6) is 0 Å². The number of carboxylic acids is 1. The number of hydrogen-bond donors (Lipinski definition) is 3. The van der Waals surface area contributed by atoms with Gasteiger partial charge in [0.15, 0.2) is 0 Å². The van der Waals surface area contributed by atoms with Crippen LogP contribution in [0.4, 0.5) is 4.79 Å². The third kappa shape index (κ3) is 5.48. The summed E-state index contributed by atoms with van der Waals surface area (Å²) in [5, 5.41) is 14.1. The van der Waals surface area contributed by atoms with Crippen molar-refractivity contribution in [3.05, 3.63) is 21.3 Å². The van der Waals surface area contributed by atoms with Gasteiger partial charge in [-0.15, -0.1) is 11.3 Å². The van der Waals surface area contributed by atoms with E-state index < -0.39 is 5.97 Å². The van der Waals surface area contributed by atoms with E-state index in [-0.39, 0.29) is 24.5 Å². The standard InChI is InChI=1S/C12H17ClN2O3S/c1-3-8(6-11(16)17)15-12(18)14-7(2)9-4-5-10(13)19-9/h4-5,7-8H,3,6H2,1-2H3,(H,16,17)(H2,14,15,18). The number of carbonyl (C=O) groups is 2. The summed E-state index contributed by atoms with van der Waals surface area (Å²) in [6.07, 6.45) is 0.488. The average Bonchev–Trinajstić information content (AvgIpc) is 2.74. The summed E-state index contributed by atoms with van der Waals surface area (Å²) in [6.45, 7) is 3.68. The molecule has 2 amide bonds. The maximum Gasteiger partial charge on any atom is 0.315 e. The van der Waals surface area contributed by atoms with Crippen molar-refractivity contribution >= 4 is 34.9 Å². The molecule has 7 heteroatoms. The van der Waals surface area contributed by atoms with Crippen LogP contribution in [0.15, 0.2) is 12.1 Å². The predicted octanol–water partition coefficient (Wildman–Crippen LogP) is 3.02. The molecular weight excluding hydrogens is 288 g/mol. The molecule has 3 N–H and O–H groups in total. The quantitative estimate of drug-likeness (QED) is 0.756. The van der Waals surface area contributed by atoms with Crippen LogP contribution in [0, 0.1) is 0 Å². The SMILES string of the molecule is CCC(CC(=O)O)NC(=O)NC(C)c1ccc(Cl)s1. The van der Waals surface area contributed by atoms with E-state index >= 15 is 0 Å². The van der Waals surface area contributed by atoms with Crippen molar-refractivity contribution in [1.82, 2.24) is 10.6 Å². The molecule has 2 atom stereocenters. The highest BCUT2D eigenvalue weighted by Gasteiger charge is 2.16. The first-order valence-electron chi connectivity index (χ1n) is 5.96. The number of rotatable bonds is 6. The van der Waals surface area contributed by atoms with Crippen molar-refractivity contribution in [3.8, 4) is 0 Å². The van der Waals surface area contributed by atoms with Crippen molar-refractivity contribution in [3.63, 3.8) is 0 Å². The van der Waals surface area contributed by atoms with Crippen molar-refractivity contribution in [2.24, 2.45) is 0 Å². The molecule has 0 aliphatic heterocycles.